The predicted molar refractivity (Wildman–Crippen MR) is 63.3 cm³/mol. The Kier molecular flexibility index (Phi) is 2.95. The van der Waals surface area contributed by atoms with Gasteiger partial charge in [-0.05, 0) is 32.0 Å². The largest absolute Gasteiger partial charge is 0.483 e. The van der Waals surface area contributed by atoms with E-state index in [1.165, 1.54) is 13.0 Å². The molecule has 17 heavy (non-hydrogen) atoms. The molecule has 1 unspecified atom stereocenters. The van der Waals surface area contributed by atoms with Crippen LogP contribution in [0.25, 0.3) is 11.0 Å². The summed E-state index contributed by atoms with van der Waals surface area (Å²) in [5.41, 5.74) is 0.0417. The van der Waals surface area contributed by atoms with Crippen LogP contribution in [0.5, 0.6) is 5.75 Å². The minimum Gasteiger partial charge on any atom is -0.483 e. The zero-order valence-electron chi connectivity index (χ0n) is 9.60. The van der Waals surface area contributed by atoms with Gasteiger partial charge in [0.15, 0.2) is 11.9 Å². The summed E-state index contributed by atoms with van der Waals surface area (Å²) in [7, 11) is 0. The molecule has 1 aromatic carbocycles. The maximum atomic E-state index is 11.1. The van der Waals surface area contributed by atoms with Crippen molar-refractivity contribution in [2.75, 3.05) is 0 Å². The molecule has 0 aliphatic rings. The summed E-state index contributed by atoms with van der Waals surface area (Å²) in [6, 6.07) is 8.17. The topological polar surface area (TPSA) is 56.5 Å². The molecule has 2 aromatic rings. The first kappa shape index (κ1) is 11.4. The Hall–Kier alpha value is -2.10. The first-order valence-electron chi connectivity index (χ1n) is 5.27. The average molecular weight is 232 g/mol. The number of Topliss-reactive ketones (excluding diaryl/α,β-unsaturated/α-hetero) is 1. The van der Waals surface area contributed by atoms with E-state index in [4.69, 9.17) is 9.15 Å². The zero-order chi connectivity index (χ0) is 12.4. The van der Waals surface area contributed by atoms with Gasteiger partial charge in [0, 0.05) is 17.5 Å². The van der Waals surface area contributed by atoms with Crippen molar-refractivity contribution in [3.05, 3.63) is 40.8 Å². The third-order valence-corrected chi connectivity index (χ3v) is 2.48. The summed E-state index contributed by atoms with van der Waals surface area (Å²) in [5, 5.41) is 0.812. The SMILES string of the molecule is CC(=O)C(C)Oc1ccc2ccc(=O)oc2c1. The van der Waals surface area contributed by atoms with E-state index in [1.807, 2.05) is 0 Å². The van der Waals surface area contributed by atoms with Gasteiger partial charge < -0.3 is 9.15 Å². The minimum absolute atomic E-state index is 0.0559. The Balaban J connectivity index is 2.37. The minimum atomic E-state index is -0.511. The van der Waals surface area contributed by atoms with Crippen molar-refractivity contribution in [2.24, 2.45) is 0 Å². The Bertz CT molecular complexity index is 612. The molecule has 0 saturated heterocycles. The lowest BCUT2D eigenvalue weighted by molar-refractivity contribution is -0.122. The first-order valence-corrected chi connectivity index (χ1v) is 5.27. The van der Waals surface area contributed by atoms with E-state index >= 15 is 0 Å². The molecule has 2 rings (SSSR count). The van der Waals surface area contributed by atoms with E-state index in [1.54, 1.807) is 31.2 Å². The van der Waals surface area contributed by atoms with Crippen molar-refractivity contribution < 1.29 is 13.9 Å². The van der Waals surface area contributed by atoms with Gasteiger partial charge in [-0.15, -0.1) is 0 Å². The maximum absolute atomic E-state index is 11.1. The molecule has 0 spiro atoms. The lowest BCUT2D eigenvalue weighted by Gasteiger charge is -2.11. The number of ketones is 1. The summed E-state index contributed by atoms with van der Waals surface area (Å²) in [6.07, 6.45) is -0.511. The summed E-state index contributed by atoms with van der Waals surface area (Å²) in [4.78, 5) is 22.1. The Morgan fingerprint density at radius 3 is 2.71 bits per heavy atom. The fraction of sp³-hybridized carbons (Fsp3) is 0.231. The molecule has 0 saturated carbocycles. The third kappa shape index (κ3) is 2.53. The highest BCUT2D eigenvalue weighted by Gasteiger charge is 2.09. The molecule has 0 N–H and O–H groups in total. The van der Waals surface area contributed by atoms with Gasteiger partial charge in [-0.25, -0.2) is 4.79 Å². The van der Waals surface area contributed by atoms with Gasteiger partial charge in [-0.2, -0.15) is 0 Å². The van der Waals surface area contributed by atoms with Gasteiger partial charge in [0.05, 0.1) is 0 Å². The van der Waals surface area contributed by atoms with Crippen molar-refractivity contribution in [3.63, 3.8) is 0 Å². The summed E-state index contributed by atoms with van der Waals surface area (Å²) >= 11 is 0. The van der Waals surface area contributed by atoms with Crippen LogP contribution in [0.2, 0.25) is 0 Å². The molecule has 1 heterocycles. The van der Waals surface area contributed by atoms with Crippen molar-refractivity contribution in [1.82, 2.24) is 0 Å². The maximum Gasteiger partial charge on any atom is 0.336 e. The monoisotopic (exact) mass is 232 g/mol. The Morgan fingerprint density at radius 2 is 2.00 bits per heavy atom. The number of rotatable bonds is 3. The normalized spacial score (nSPS) is 12.4. The summed E-state index contributed by atoms with van der Waals surface area (Å²) in [5.74, 6) is 0.453. The molecule has 0 fully saturated rings. The summed E-state index contributed by atoms with van der Waals surface area (Å²) in [6.45, 7) is 3.14. The van der Waals surface area contributed by atoms with Crippen molar-refractivity contribution in [2.45, 2.75) is 20.0 Å². The molecular weight excluding hydrogens is 220 g/mol. The average Bonchev–Trinajstić information content (AvgIpc) is 2.28. The Morgan fingerprint density at radius 1 is 1.29 bits per heavy atom. The molecule has 88 valence electrons. The van der Waals surface area contributed by atoms with Crippen LogP contribution in [0.15, 0.2) is 39.5 Å². The quantitative estimate of drug-likeness (QED) is 0.761. The molecule has 1 aromatic heterocycles. The van der Waals surface area contributed by atoms with Gasteiger partial charge in [-0.3, -0.25) is 4.79 Å². The van der Waals surface area contributed by atoms with Crippen molar-refractivity contribution in [1.29, 1.82) is 0 Å². The number of hydrogen-bond acceptors (Lipinski definition) is 4. The van der Waals surface area contributed by atoms with E-state index in [-0.39, 0.29) is 5.78 Å². The van der Waals surface area contributed by atoms with Gasteiger partial charge in [0.2, 0.25) is 0 Å². The second kappa shape index (κ2) is 4.41. The number of carbonyl (C=O) groups is 1. The molecule has 4 nitrogen and oxygen atoms in total. The highest BCUT2D eigenvalue weighted by molar-refractivity contribution is 5.81. The second-order valence-electron chi connectivity index (χ2n) is 3.82. The zero-order valence-corrected chi connectivity index (χ0v) is 9.60. The Labute approximate surface area is 97.8 Å². The van der Waals surface area contributed by atoms with Gasteiger partial charge in [-0.1, -0.05) is 0 Å². The van der Waals surface area contributed by atoms with Crippen LogP contribution in [0.1, 0.15) is 13.8 Å². The van der Waals surface area contributed by atoms with Crippen molar-refractivity contribution >= 4 is 16.8 Å². The molecule has 4 heteroatoms. The molecule has 0 aliphatic heterocycles. The number of hydrogen-bond donors (Lipinski definition) is 0. The predicted octanol–water partition coefficient (Wildman–Crippen LogP) is 2.15. The molecule has 0 radical (unpaired) electrons. The second-order valence-corrected chi connectivity index (χ2v) is 3.82. The molecule has 0 bridgehead atoms. The lowest BCUT2D eigenvalue weighted by atomic mass is 10.2. The third-order valence-electron chi connectivity index (χ3n) is 2.48. The van der Waals surface area contributed by atoms with Crippen LogP contribution in [-0.2, 0) is 4.79 Å². The number of fused-ring (bicyclic) bond motifs is 1. The van der Waals surface area contributed by atoms with Crippen LogP contribution in [0.4, 0.5) is 0 Å². The number of carbonyl (C=O) groups excluding carboxylic acids is 1. The number of ether oxygens (including phenoxy) is 1. The van der Waals surface area contributed by atoms with Crippen LogP contribution >= 0.6 is 0 Å². The highest BCUT2D eigenvalue weighted by Crippen LogP contribution is 2.20. The van der Waals surface area contributed by atoms with Crippen molar-refractivity contribution in [3.8, 4) is 5.75 Å². The molecule has 0 amide bonds. The van der Waals surface area contributed by atoms with Gasteiger partial charge in [0.25, 0.3) is 0 Å². The van der Waals surface area contributed by atoms with E-state index in [9.17, 15) is 9.59 Å². The van der Waals surface area contributed by atoms with E-state index in [2.05, 4.69) is 0 Å². The highest BCUT2D eigenvalue weighted by atomic mass is 16.5. The standard InChI is InChI=1S/C13H12O4/c1-8(14)9(2)16-11-5-3-10-4-6-13(15)17-12(10)7-11/h3-7,9H,1-2H3. The van der Waals surface area contributed by atoms with Crippen LogP contribution in [-0.4, -0.2) is 11.9 Å². The fourth-order valence-corrected chi connectivity index (χ4v) is 1.40. The first-order chi connectivity index (χ1) is 8.06. The number of benzene rings is 1. The molecule has 1 atom stereocenters. The van der Waals surface area contributed by atoms with Crippen LogP contribution in [0.3, 0.4) is 0 Å². The smallest absolute Gasteiger partial charge is 0.336 e. The van der Waals surface area contributed by atoms with E-state index in [0.717, 1.165) is 5.39 Å². The van der Waals surface area contributed by atoms with Crippen LogP contribution in [0, 0.1) is 0 Å². The lowest BCUT2D eigenvalue weighted by Crippen LogP contribution is -2.20. The van der Waals surface area contributed by atoms with Gasteiger partial charge >= 0.3 is 5.63 Å². The molecular formula is C13H12O4. The molecule has 0 aliphatic carbocycles. The van der Waals surface area contributed by atoms with Crippen LogP contribution < -0.4 is 10.4 Å². The summed E-state index contributed by atoms with van der Waals surface area (Å²) < 4.78 is 10.4. The fourth-order valence-electron chi connectivity index (χ4n) is 1.40. The van der Waals surface area contributed by atoms with E-state index < -0.39 is 11.7 Å². The van der Waals surface area contributed by atoms with E-state index in [0.29, 0.717) is 11.3 Å². The van der Waals surface area contributed by atoms with Gasteiger partial charge in [0.1, 0.15) is 11.3 Å².